The summed E-state index contributed by atoms with van der Waals surface area (Å²) in [6.07, 6.45) is 2.90. The van der Waals surface area contributed by atoms with Crippen LogP contribution < -0.4 is 10.5 Å². The average molecular weight is 216 g/mol. The summed E-state index contributed by atoms with van der Waals surface area (Å²) in [6.45, 7) is 0.652. The molecule has 1 aromatic heterocycles. The van der Waals surface area contributed by atoms with E-state index < -0.39 is 0 Å². The van der Waals surface area contributed by atoms with E-state index in [4.69, 9.17) is 10.5 Å². The molecule has 0 amide bonds. The van der Waals surface area contributed by atoms with E-state index in [0.717, 1.165) is 17.9 Å². The van der Waals surface area contributed by atoms with Crippen LogP contribution in [0.3, 0.4) is 0 Å². The van der Waals surface area contributed by atoms with Crippen LogP contribution in [0.1, 0.15) is 5.69 Å². The van der Waals surface area contributed by atoms with E-state index in [0.29, 0.717) is 6.54 Å². The number of aromatic nitrogens is 1. The van der Waals surface area contributed by atoms with Crippen molar-refractivity contribution in [2.24, 2.45) is 5.73 Å². The first kappa shape index (κ1) is 10.8. The summed E-state index contributed by atoms with van der Waals surface area (Å²) in [7, 11) is 1.69. The smallest absolute Gasteiger partial charge is 0.142 e. The average Bonchev–Trinajstić information content (AvgIpc) is 2.77. The Hall–Kier alpha value is -1.74. The van der Waals surface area contributed by atoms with Crippen molar-refractivity contribution in [3.63, 3.8) is 0 Å². The zero-order valence-electron chi connectivity index (χ0n) is 9.39. The van der Waals surface area contributed by atoms with Crippen molar-refractivity contribution in [3.8, 4) is 11.4 Å². The number of nitrogens with two attached hydrogens (primary N) is 1. The van der Waals surface area contributed by atoms with Crippen LogP contribution in [0.5, 0.6) is 5.75 Å². The zero-order chi connectivity index (χ0) is 11.4. The highest BCUT2D eigenvalue weighted by Gasteiger charge is 2.06. The summed E-state index contributed by atoms with van der Waals surface area (Å²) >= 11 is 0. The van der Waals surface area contributed by atoms with E-state index in [-0.39, 0.29) is 0 Å². The summed E-state index contributed by atoms with van der Waals surface area (Å²) in [4.78, 5) is 0. The van der Waals surface area contributed by atoms with Gasteiger partial charge in [-0.1, -0.05) is 12.1 Å². The maximum absolute atomic E-state index is 5.59. The number of hydrogen-bond acceptors (Lipinski definition) is 2. The molecule has 0 saturated heterocycles. The first-order chi connectivity index (χ1) is 7.86. The van der Waals surface area contributed by atoms with Crippen LogP contribution in [0.25, 0.3) is 5.69 Å². The van der Waals surface area contributed by atoms with Gasteiger partial charge in [0.25, 0.3) is 0 Å². The van der Waals surface area contributed by atoms with Gasteiger partial charge in [-0.15, -0.1) is 0 Å². The molecule has 0 aliphatic heterocycles. The van der Waals surface area contributed by atoms with Gasteiger partial charge in [-0.2, -0.15) is 0 Å². The molecular formula is C13H16N2O. The minimum Gasteiger partial charge on any atom is -0.495 e. The second kappa shape index (κ2) is 4.86. The highest BCUT2D eigenvalue weighted by molar-refractivity contribution is 5.48. The third kappa shape index (κ3) is 1.95. The number of ether oxygens (including phenoxy) is 1. The molecule has 0 aliphatic rings. The topological polar surface area (TPSA) is 40.2 Å². The Morgan fingerprint density at radius 3 is 2.75 bits per heavy atom. The fourth-order valence-electron chi connectivity index (χ4n) is 1.83. The van der Waals surface area contributed by atoms with Gasteiger partial charge < -0.3 is 15.0 Å². The highest BCUT2D eigenvalue weighted by Crippen LogP contribution is 2.23. The lowest BCUT2D eigenvalue weighted by atomic mass is 10.2. The zero-order valence-corrected chi connectivity index (χ0v) is 9.39. The fraction of sp³-hybridized carbons (Fsp3) is 0.231. The summed E-state index contributed by atoms with van der Waals surface area (Å²) < 4.78 is 7.47. The van der Waals surface area contributed by atoms with Crippen LogP contribution in [0.15, 0.2) is 42.6 Å². The molecule has 0 aliphatic carbocycles. The molecule has 0 fully saturated rings. The van der Waals surface area contributed by atoms with Crippen molar-refractivity contribution < 1.29 is 4.74 Å². The van der Waals surface area contributed by atoms with Gasteiger partial charge in [0.2, 0.25) is 0 Å². The lowest BCUT2D eigenvalue weighted by Gasteiger charge is -2.12. The lowest BCUT2D eigenvalue weighted by Crippen LogP contribution is -2.08. The third-order valence-corrected chi connectivity index (χ3v) is 2.58. The summed E-state index contributed by atoms with van der Waals surface area (Å²) in [5, 5.41) is 0. The maximum Gasteiger partial charge on any atom is 0.142 e. The monoisotopic (exact) mass is 216 g/mol. The van der Waals surface area contributed by atoms with E-state index in [1.54, 1.807) is 7.11 Å². The van der Waals surface area contributed by atoms with Crippen molar-refractivity contribution in [1.82, 2.24) is 4.57 Å². The predicted molar refractivity (Wildman–Crippen MR) is 65.1 cm³/mol. The van der Waals surface area contributed by atoms with Gasteiger partial charge in [0.15, 0.2) is 0 Å². The minimum atomic E-state index is 0.652. The molecule has 16 heavy (non-hydrogen) atoms. The van der Waals surface area contributed by atoms with Gasteiger partial charge in [-0.3, -0.25) is 0 Å². The molecule has 0 radical (unpaired) electrons. The highest BCUT2D eigenvalue weighted by atomic mass is 16.5. The van der Waals surface area contributed by atoms with Gasteiger partial charge in [0.05, 0.1) is 12.8 Å². The SMILES string of the molecule is COc1ccccc1-n1cccc1CCN. The van der Waals surface area contributed by atoms with E-state index in [1.165, 1.54) is 5.69 Å². The van der Waals surface area contributed by atoms with Crippen LogP contribution in [0.4, 0.5) is 0 Å². The molecule has 3 heteroatoms. The molecule has 0 saturated carbocycles. The third-order valence-electron chi connectivity index (χ3n) is 2.58. The quantitative estimate of drug-likeness (QED) is 0.849. The lowest BCUT2D eigenvalue weighted by molar-refractivity contribution is 0.412. The molecule has 2 aromatic rings. The second-order valence-electron chi connectivity index (χ2n) is 3.58. The molecule has 0 bridgehead atoms. The number of nitrogens with zero attached hydrogens (tertiary/aromatic N) is 1. The number of methoxy groups -OCH3 is 1. The number of benzene rings is 1. The van der Waals surface area contributed by atoms with E-state index in [9.17, 15) is 0 Å². The van der Waals surface area contributed by atoms with Crippen molar-refractivity contribution in [2.45, 2.75) is 6.42 Å². The molecule has 84 valence electrons. The second-order valence-corrected chi connectivity index (χ2v) is 3.58. The maximum atomic E-state index is 5.59. The first-order valence-corrected chi connectivity index (χ1v) is 5.36. The molecule has 1 aromatic carbocycles. The molecule has 2 N–H and O–H groups in total. The van der Waals surface area contributed by atoms with Gasteiger partial charge >= 0.3 is 0 Å². The van der Waals surface area contributed by atoms with Gasteiger partial charge in [-0.25, -0.2) is 0 Å². The van der Waals surface area contributed by atoms with Crippen molar-refractivity contribution in [3.05, 3.63) is 48.3 Å². The molecule has 0 spiro atoms. The van der Waals surface area contributed by atoms with Crippen molar-refractivity contribution >= 4 is 0 Å². The Labute approximate surface area is 95.5 Å². The van der Waals surface area contributed by atoms with Crippen molar-refractivity contribution in [2.75, 3.05) is 13.7 Å². The summed E-state index contributed by atoms with van der Waals surface area (Å²) in [6, 6.07) is 12.1. The Balaban J connectivity index is 2.45. The fourth-order valence-corrected chi connectivity index (χ4v) is 1.83. The van der Waals surface area contributed by atoms with E-state index in [2.05, 4.69) is 10.6 Å². The summed E-state index contributed by atoms with van der Waals surface area (Å²) in [5.41, 5.74) is 7.85. The Morgan fingerprint density at radius 2 is 2.00 bits per heavy atom. The van der Waals surface area contributed by atoms with E-state index in [1.807, 2.05) is 36.5 Å². The van der Waals surface area contributed by atoms with E-state index >= 15 is 0 Å². The minimum absolute atomic E-state index is 0.652. The summed E-state index contributed by atoms with van der Waals surface area (Å²) in [5.74, 6) is 0.872. The molecule has 0 atom stereocenters. The molecule has 1 heterocycles. The Bertz CT molecular complexity index is 462. The molecule has 3 nitrogen and oxygen atoms in total. The first-order valence-electron chi connectivity index (χ1n) is 5.36. The Morgan fingerprint density at radius 1 is 1.19 bits per heavy atom. The van der Waals surface area contributed by atoms with Crippen molar-refractivity contribution in [1.29, 1.82) is 0 Å². The number of para-hydroxylation sites is 2. The van der Waals surface area contributed by atoms with Crippen LogP contribution >= 0.6 is 0 Å². The largest absolute Gasteiger partial charge is 0.495 e. The van der Waals surface area contributed by atoms with Crippen LogP contribution in [0, 0.1) is 0 Å². The van der Waals surface area contributed by atoms with Crippen LogP contribution in [0.2, 0.25) is 0 Å². The molecular weight excluding hydrogens is 200 g/mol. The molecule has 2 rings (SSSR count). The normalized spacial score (nSPS) is 10.4. The molecule has 0 unspecified atom stereocenters. The van der Waals surface area contributed by atoms with Gasteiger partial charge in [-0.05, 0) is 30.8 Å². The van der Waals surface area contributed by atoms with Crippen LogP contribution in [-0.4, -0.2) is 18.2 Å². The Kier molecular flexibility index (Phi) is 3.27. The number of rotatable bonds is 4. The predicted octanol–water partition coefficient (Wildman–Crippen LogP) is 1.99. The van der Waals surface area contributed by atoms with Crippen LogP contribution in [-0.2, 0) is 6.42 Å². The number of hydrogen-bond donors (Lipinski definition) is 1. The van der Waals surface area contributed by atoms with Gasteiger partial charge in [0.1, 0.15) is 5.75 Å². The standard InChI is InChI=1S/C13H16N2O/c1-16-13-7-3-2-6-12(13)15-10-4-5-11(15)8-9-14/h2-7,10H,8-9,14H2,1H3. The van der Waals surface area contributed by atoms with Gasteiger partial charge in [0, 0.05) is 18.3 Å².